The molecule has 1 N–H and O–H groups in total. The molecule has 5 heteroatoms. The van der Waals surface area contributed by atoms with Crippen molar-refractivity contribution in [1.29, 1.82) is 0 Å². The lowest BCUT2D eigenvalue weighted by atomic mass is 10.2. The number of hydroxylamine groups is 1. The van der Waals surface area contributed by atoms with Gasteiger partial charge in [-0.05, 0) is 24.6 Å². The number of amides is 1. The third kappa shape index (κ3) is 3.36. The van der Waals surface area contributed by atoms with Crippen LogP contribution >= 0.6 is 0 Å². The SMILES string of the molecule is Cc1ccc(C(=O)NOCc2ccccc2)nn1. The van der Waals surface area contributed by atoms with Gasteiger partial charge in [-0.1, -0.05) is 30.3 Å². The Kier molecular flexibility index (Phi) is 3.98. The first-order valence-electron chi connectivity index (χ1n) is 5.52. The van der Waals surface area contributed by atoms with E-state index in [1.54, 1.807) is 19.1 Å². The molecule has 0 atom stereocenters. The number of aromatic nitrogens is 2. The van der Waals surface area contributed by atoms with Gasteiger partial charge in [0, 0.05) is 0 Å². The van der Waals surface area contributed by atoms with Gasteiger partial charge < -0.3 is 0 Å². The van der Waals surface area contributed by atoms with Gasteiger partial charge in [0.25, 0.3) is 5.91 Å². The number of nitrogens with zero attached hydrogens (tertiary/aromatic N) is 2. The summed E-state index contributed by atoms with van der Waals surface area (Å²) in [6, 6.07) is 12.9. The Morgan fingerprint density at radius 1 is 1.17 bits per heavy atom. The standard InChI is InChI=1S/C13H13N3O2/c1-10-7-8-12(15-14-10)13(17)16-18-9-11-5-3-2-4-6-11/h2-8H,9H2,1H3,(H,16,17). The van der Waals surface area contributed by atoms with E-state index in [4.69, 9.17) is 4.84 Å². The summed E-state index contributed by atoms with van der Waals surface area (Å²) < 4.78 is 0. The molecule has 1 aromatic heterocycles. The highest BCUT2D eigenvalue weighted by Crippen LogP contribution is 2.00. The van der Waals surface area contributed by atoms with E-state index in [2.05, 4.69) is 15.7 Å². The fourth-order valence-corrected chi connectivity index (χ4v) is 1.33. The van der Waals surface area contributed by atoms with Gasteiger partial charge in [-0.3, -0.25) is 9.63 Å². The summed E-state index contributed by atoms with van der Waals surface area (Å²) in [5.74, 6) is -0.404. The van der Waals surface area contributed by atoms with Crippen LogP contribution in [0.1, 0.15) is 21.7 Å². The maximum Gasteiger partial charge on any atom is 0.295 e. The van der Waals surface area contributed by atoms with E-state index >= 15 is 0 Å². The van der Waals surface area contributed by atoms with Crippen molar-refractivity contribution < 1.29 is 9.63 Å². The minimum Gasteiger partial charge on any atom is -0.269 e. The molecule has 18 heavy (non-hydrogen) atoms. The van der Waals surface area contributed by atoms with Crippen molar-refractivity contribution in [3.63, 3.8) is 0 Å². The summed E-state index contributed by atoms with van der Waals surface area (Å²) in [7, 11) is 0. The quantitative estimate of drug-likeness (QED) is 0.829. The van der Waals surface area contributed by atoms with Crippen molar-refractivity contribution in [2.45, 2.75) is 13.5 Å². The minimum absolute atomic E-state index is 0.230. The zero-order valence-corrected chi connectivity index (χ0v) is 9.96. The largest absolute Gasteiger partial charge is 0.295 e. The zero-order chi connectivity index (χ0) is 12.8. The fourth-order valence-electron chi connectivity index (χ4n) is 1.33. The molecule has 0 saturated heterocycles. The number of hydrogen-bond donors (Lipinski definition) is 1. The van der Waals surface area contributed by atoms with Gasteiger partial charge >= 0.3 is 0 Å². The van der Waals surface area contributed by atoms with Crippen LogP contribution in [-0.2, 0) is 11.4 Å². The van der Waals surface area contributed by atoms with Gasteiger partial charge in [-0.25, -0.2) is 5.48 Å². The summed E-state index contributed by atoms with van der Waals surface area (Å²) in [4.78, 5) is 16.7. The molecule has 0 spiro atoms. The molecule has 0 aliphatic rings. The van der Waals surface area contributed by atoms with Crippen molar-refractivity contribution >= 4 is 5.91 Å². The Balaban J connectivity index is 1.84. The Hall–Kier alpha value is -2.27. The first-order chi connectivity index (χ1) is 8.75. The zero-order valence-electron chi connectivity index (χ0n) is 9.96. The predicted octanol–water partition coefficient (Wildman–Crippen LogP) is 1.65. The number of rotatable bonds is 4. The van der Waals surface area contributed by atoms with Crippen LogP contribution in [0.2, 0.25) is 0 Å². The average molecular weight is 243 g/mol. The molecule has 5 nitrogen and oxygen atoms in total. The van der Waals surface area contributed by atoms with Crippen LogP contribution in [0.5, 0.6) is 0 Å². The minimum atomic E-state index is -0.404. The first kappa shape index (κ1) is 12.2. The van der Waals surface area contributed by atoms with Crippen LogP contribution in [0, 0.1) is 6.92 Å². The second-order valence-corrected chi connectivity index (χ2v) is 3.77. The maximum absolute atomic E-state index is 11.6. The van der Waals surface area contributed by atoms with E-state index in [0.717, 1.165) is 11.3 Å². The Morgan fingerprint density at radius 3 is 2.61 bits per heavy atom. The molecule has 1 amide bonds. The smallest absolute Gasteiger partial charge is 0.269 e. The molecule has 0 aliphatic carbocycles. The third-order valence-corrected chi connectivity index (χ3v) is 2.28. The molecule has 1 heterocycles. The average Bonchev–Trinajstić information content (AvgIpc) is 2.40. The highest BCUT2D eigenvalue weighted by molar-refractivity contribution is 5.91. The van der Waals surface area contributed by atoms with Crippen molar-refractivity contribution in [1.82, 2.24) is 15.7 Å². The summed E-state index contributed by atoms with van der Waals surface area (Å²) in [6.45, 7) is 2.12. The van der Waals surface area contributed by atoms with Gasteiger partial charge in [0.05, 0.1) is 12.3 Å². The van der Waals surface area contributed by atoms with Gasteiger partial charge in [0.1, 0.15) is 0 Å². The molecular weight excluding hydrogens is 230 g/mol. The Morgan fingerprint density at radius 2 is 1.94 bits per heavy atom. The van der Waals surface area contributed by atoms with E-state index in [-0.39, 0.29) is 5.69 Å². The van der Waals surface area contributed by atoms with E-state index in [1.165, 1.54) is 0 Å². The van der Waals surface area contributed by atoms with Crippen LogP contribution in [0.15, 0.2) is 42.5 Å². The number of aryl methyl sites for hydroxylation is 1. The van der Waals surface area contributed by atoms with E-state index in [1.807, 2.05) is 30.3 Å². The molecule has 0 bridgehead atoms. The normalized spacial score (nSPS) is 10.1. The summed E-state index contributed by atoms with van der Waals surface area (Å²) >= 11 is 0. The fraction of sp³-hybridized carbons (Fsp3) is 0.154. The van der Waals surface area contributed by atoms with Gasteiger partial charge in [-0.15, -0.1) is 5.10 Å². The lowest BCUT2D eigenvalue weighted by molar-refractivity contribution is 0.0228. The molecule has 92 valence electrons. The van der Waals surface area contributed by atoms with Crippen LogP contribution in [0.25, 0.3) is 0 Å². The summed E-state index contributed by atoms with van der Waals surface area (Å²) in [5.41, 5.74) is 4.30. The molecule has 2 aromatic rings. The van der Waals surface area contributed by atoms with E-state index in [9.17, 15) is 4.79 Å². The van der Waals surface area contributed by atoms with Gasteiger partial charge in [-0.2, -0.15) is 5.10 Å². The van der Waals surface area contributed by atoms with E-state index in [0.29, 0.717) is 6.61 Å². The Labute approximate surface area is 105 Å². The van der Waals surface area contributed by atoms with Crippen LogP contribution in [-0.4, -0.2) is 16.1 Å². The lowest BCUT2D eigenvalue weighted by Crippen LogP contribution is -2.24. The Bertz CT molecular complexity index is 512. The number of hydrogen-bond acceptors (Lipinski definition) is 4. The van der Waals surface area contributed by atoms with E-state index < -0.39 is 5.91 Å². The van der Waals surface area contributed by atoms with Crippen LogP contribution in [0.4, 0.5) is 0 Å². The molecule has 0 fully saturated rings. The highest BCUT2D eigenvalue weighted by Gasteiger charge is 2.07. The van der Waals surface area contributed by atoms with Gasteiger partial charge in [0.2, 0.25) is 0 Å². The predicted molar refractivity (Wildman–Crippen MR) is 65.5 cm³/mol. The number of carbonyl (C=O) groups excluding carboxylic acids is 1. The lowest BCUT2D eigenvalue weighted by Gasteiger charge is -2.05. The van der Waals surface area contributed by atoms with Crippen molar-refractivity contribution in [3.05, 3.63) is 59.4 Å². The van der Waals surface area contributed by atoms with Crippen molar-refractivity contribution in [2.24, 2.45) is 0 Å². The van der Waals surface area contributed by atoms with Crippen molar-refractivity contribution in [2.75, 3.05) is 0 Å². The molecule has 1 aromatic carbocycles. The van der Waals surface area contributed by atoms with Crippen LogP contribution < -0.4 is 5.48 Å². The maximum atomic E-state index is 11.6. The molecule has 0 unspecified atom stereocenters. The number of nitrogens with one attached hydrogen (secondary N) is 1. The second kappa shape index (κ2) is 5.88. The first-order valence-corrected chi connectivity index (χ1v) is 5.52. The van der Waals surface area contributed by atoms with Crippen LogP contribution in [0.3, 0.4) is 0 Å². The second-order valence-electron chi connectivity index (χ2n) is 3.77. The monoisotopic (exact) mass is 243 g/mol. The molecular formula is C13H13N3O2. The van der Waals surface area contributed by atoms with Gasteiger partial charge in [0.15, 0.2) is 5.69 Å². The summed E-state index contributed by atoms with van der Waals surface area (Å²) in [5, 5.41) is 7.56. The topological polar surface area (TPSA) is 64.1 Å². The summed E-state index contributed by atoms with van der Waals surface area (Å²) in [6.07, 6.45) is 0. The molecule has 2 rings (SSSR count). The highest BCUT2D eigenvalue weighted by atomic mass is 16.6. The third-order valence-electron chi connectivity index (χ3n) is 2.28. The van der Waals surface area contributed by atoms with Crippen molar-refractivity contribution in [3.8, 4) is 0 Å². The molecule has 0 radical (unpaired) electrons. The molecule has 0 aliphatic heterocycles. The molecule has 0 saturated carbocycles. The number of benzene rings is 1. The number of carbonyl (C=O) groups is 1.